The Balaban J connectivity index is 0.000000684. The third-order valence-electron chi connectivity index (χ3n) is 19.8. The molecule has 0 aliphatic carbocycles. The summed E-state index contributed by atoms with van der Waals surface area (Å²) in [4.78, 5) is 158. The first-order chi connectivity index (χ1) is 52.3. The Bertz CT molecular complexity index is 2870. The summed E-state index contributed by atoms with van der Waals surface area (Å²) in [6.45, 7) is 63.8. The molecule has 6 aliphatic rings. The molecule has 6 heterocycles. The highest BCUT2D eigenvalue weighted by Crippen LogP contribution is 2.32. The van der Waals surface area contributed by atoms with Crippen molar-refractivity contribution in [3.63, 3.8) is 0 Å². The molecule has 0 spiro atoms. The number of nitrogens with zero attached hydrogens (tertiary/aromatic N) is 12. The van der Waals surface area contributed by atoms with Gasteiger partial charge in [-0.3, -0.25) is 72.9 Å². The first kappa shape index (κ1) is 103. The molecule has 642 valence electrons. The number of carbonyl (C=O) groups excluding carboxylic acids is 12. The zero-order valence-electron chi connectivity index (χ0n) is 73.6. The monoisotopic (exact) mass is 1580 g/mol. The van der Waals surface area contributed by atoms with E-state index in [-0.39, 0.29) is 138 Å². The topological polar surface area (TPSA) is 271 Å². The second-order valence-corrected chi connectivity index (χ2v) is 35.5. The van der Waals surface area contributed by atoms with Gasteiger partial charge in [0.25, 0.3) is 17.7 Å². The Kier molecular flexibility index (Phi) is 46.7. The first-order valence-corrected chi connectivity index (χ1v) is 41.5. The van der Waals surface area contributed by atoms with Gasteiger partial charge in [-0.15, -0.1) is 0 Å². The van der Waals surface area contributed by atoms with Crippen molar-refractivity contribution in [1.29, 1.82) is 0 Å². The summed E-state index contributed by atoms with van der Waals surface area (Å²) in [6.07, 6.45) is 26.5. The minimum absolute atomic E-state index is 0.0444. The zero-order valence-corrected chi connectivity index (χ0v) is 73.6. The molecule has 0 saturated carbocycles. The highest BCUT2D eigenvalue weighted by Gasteiger charge is 2.43. The molecule has 18 amide bonds. The lowest BCUT2D eigenvalue weighted by molar-refractivity contribution is -0.128. The molecule has 0 atom stereocenters. The van der Waals surface area contributed by atoms with Crippen molar-refractivity contribution in [3.8, 4) is 0 Å². The third-order valence-corrected chi connectivity index (χ3v) is 19.8. The van der Waals surface area contributed by atoms with Gasteiger partial charge in [0.2, 0.25) is 17.7 Å². The molecular weight excluding hydrogens is 1430 g/mol. The molecule has 6 saturated heterocycles. The predicted molar refractivity (Wildman–Crippen MR) is 442 cm³/mol. The van der Waals surface area contributed by atoms with Crippen LogP contribution in [0.25, 0.3) is 0 Å². The smallest absolute Gasteiger partial charge is 0.331 e. The van der Waals surface area contributed by atoms with Gasteiger partial charge < -0.3 is 28.9 Å². The Labute approximate surface area is 675 Å². The van der Waals surface area contributed by atoms with E-state index in [1.807, 2.05) is 83.1 Å². The molecule has 0 aromatic rings. The van der Waals surface area contributed by atoms with Gasteiger partial charge in [0.05, 0.1) is 0 Å². The first-order valence-electron chi connectivity index (χ1n) is 41.5. The fraction of sp³-hybridized carbons (Fsp3) is 0.788. The van der Waals surface area contributed by atoms with E-state index >= 15 is 0 Å². The van der Waals surface area contributed by atoms with Gasteiger partial charge in [-0.25, -0.2) is 28.8 Å². The van der Waals surface area contributed by atoms with Crippen LogP contribution in [0.1, 0.15) is 274 Å². The molecule has 6 fully saturated rings. The minimum Gasteiger partial charge on any atom is -0.381 e. The molecule has 0 aromatic heterocycles. The number of ether oxygens (including phenoxy) is 3. The lowest BCUT2D eigenvalue weighted by Crippen LogP contribution is -2.45. The number of amides is 18. The maximum Gasteiger partial charge on any atom is 0.331 e. The zero-order chi connectivity index (χ0) is 85.4. The van der Waals surface area contributed by atoms with Gasteiger partial charge in [-0.1, -0.05) is 181 Å². The van der Waals surface area contributed by atoms with E-state index in [1.54, 1.807) is 14.7 Å². The van der Waals surface area contributed by atoms with Crippen LogP contribution in [0.2, 0.25) is 0 Å². The van der Waals surface area contributed by atoms with E-state index in [1.165, 1.54) is 101 Å². The van der Waals surface area contributed by atoms with Crippen LogP contribution in [0.4, 0.5) is 28.8 Å². The van der Waals surface area contributed by atoms with Crippen molar-refractivity contribution < 1.29 is 71.7 Å². The maximum atomic E-state index is 12.1. The van der Waals surface area contributed by atoms with E-state index in [0.717, 1.165) is 130 Å². The van der Waals surface area contributed by atoms with E-state index in [9.17, 15) is 57.5 Å². The summed E-state index contributed by atoms with van der Waals surface area (Å²) in [5, 5.41) is 0. The summed E-state index contributed by atoms with van der Waals surface area (Å²) in [5.41, 5.74) is -0.348. The fourth-order valence-corrected chi connectivity index (χ4v) is 12.8. The number of urea groups is 6. The predicted octanol–water partition coefficient (Wildman–Crippen LogP) is 15.9. The molecule has 112 heavy (non-hydrogen) atoms. The molecule has 6 aliphatic heterocycles. The van der Waals surface area contributed by atoms with E-state index in [0.29, 0.717) is 52.4 Å². The molecule has 27 nitrogen and oxygen atoms in total. The van der Waals surface area contributed by atoms with Gasteiger partial charge in [-0.2, -0.15) is 0 Å². The highest BCUT2D eigenvalue weighted by molar-refractivity contribution is 6.05. The second-order valence-electron chi connectivity index (χ2n) is 35.5. The molecule has 0 aromatic carbocycles. The number of unbranched alkanes of at least 4 members (excludes halogenated alkanes) is 9. The third kappa shape index (κ3) is 38.3. The van der Waals surface area contributed by atoms with Crippen molar-refractivity contribution in [2.24, 2.45) is 27.1 Å². The normalized spacial score (nSPS) is 16.6. The van der Waals surface area contributed by atoms with Crippen LogP contribution in [0.15, 0.2) is 38.3 Å². The number of rotatable bonds is 43. The standard InChI is InChI=1S/2C19H36N2O3.C18H34N2O3.2C10H16N2O2.C9H14N2O2/c2*1-5-7-9-14-24-15-10-8-11-19(3,4)12-13-21-17(22)16-20(6-2)18(21)23;1-5-7-9-12-23-13-10-8-11-18(3,4)15-20-16(21)14-19(6-2)17(20)22;2*1-5-11-6-8(13)12(9(11)14)7-10(2,3)4;1-5-10-6-7(12)11(8(10)13)9(2,3)4/h2*5-16H2,1-4H3;5-15H2,1-4H3;2*5H,1,6-7H2,2-4H3;5H,1,6H2,2-4H3. The van der Waals surface area contributed by atoms with Crippen LogP contribution in [0, 0.1) is 27.1 Å². The Morgan fingerprint density at radius 2 is 0.554 bits per heavy atom. The number of hydrogen-bond donors (Lipinski definition) is 0. The molecule has 0 radical (unpaired) electrons. The van der Waals surface area contributed by atoms with Crippen LogP contribution in [0.3, 0.4) is 0 Å². The largest absolute Gasteiger partial charge is 0.381 e. The van der Waals surface area contributed by atoms with Crippen molar-refractivity contribution in [2.75, 3.05) is 131 Å². The van der Waals surface area contributed by atoms with Crippen LogP contribution < -0.4 is 0 Å². The maximum absolute atomic E-state index is 12.1. The van der Waals surface area contributed by atoms with Gasteiger partial charge in [0.15, 0.2) is 0 Å². The lowest BCUT2D eigenvalue weighted by atomic mass is 9.84. The second kappa shape index (κ2) is 50.9. The van der Waals surface area contributed by atoms with E-state index < -0.39 is 5.54 Å². The molecule has 0 bridgehead atoms. The molecule has 27 heteroatoms. The van der Waals surface area contributed by atoms with Gasteiger partial charge in [0.1, 0.15) is 39.3 Å². The number of likely N-dealkylation sites (N-methyl/N-ethyl adjacent to an activating group) is 3. The average molecular weight is 1580 g/mol. The van der Waals surface area contributed by atoms with Crippen LogP contribution in [-0.4, -0.2) is 267 Å². The summed E-state index contributed by atoms with van der Waals surface area (Å²) in [5.74, 6) is -0.646. The van der Waals surface area contributed by atoms with Crippen molar-refractivity contribution in [3.05, 3.63) is 38.3 Å². The van der Waals surface area contributed by atoms with Crippen LogP contribution >= 0.6 is 0 Å². The number of imide groups is 6. The fourth-order valence-electron chi connectivity index (χ4n) is 12.8. The highest BCUT2D eigenvalue weighted by atomic mass is 16.5. The van der Waals surface area contributed by atoms with Gasteiger partial charge in [-0.05, 0) is 139 Å². The van der Waals surface area contributed by atoms with Crippen molar-refractivity contribution in [1.82, 2.24) is 58.8 Å². The average Bonchev–Trinajstić information content (AvgIpc) is 1.68. The van der Waals surface area contributed by atoms with Crippen molar-refractivity contribution >= 4 is 71.6 Å². The van der Waals surface area contributed by atoms with Crippen LogP contribution in [0.5, 0.6) is 0 Å². The molecule has 0 N–H and O–H groups in total. The minimum atomic E-state index is -0.452. The number of hydrogen-bond acceptors (Lipinski definition) is 15. The molecule has 0 unspecified atom stereocenters. The lowest BCUT2D eigenvalue weighted by Gasteiger charge is -2.29. The quantitative estimate of drug-likeness (QED) is 0.0405. The van der Waals surface area contributed by atoms with Gasteiger partial charge >= 0.3 is 36.2 Å². The summed E-state index contributed by atoms with van der Waals surface area (Å²) < 4.78 is 16.9. The summed E-state index contributed by atoms with van der Waals surface area (Å²) in [7, 11) is 0. The SMILES string of the molecule is C=CN1CC(=O)N(C(C)(C)C)C1=O.C=CN1CC(=O)N(CC(C)(C)C)C1=O.C=CN1CC(=O)N(CC(C)(C)C)C1=O.CCCCCOCCCCC(C)(C)CCN1C(=O)CN(CC)C1=O.CCCCCOCCCCC(C)(C)CCN1C(=O)CN(CC)C1=O.CCCCCOCCCCC(C)(C)CN1C(=O)CN(CC)C1=O. The van der Waals surface area contributed by atoms with Crippen molar-refractivity contribution in [2.45, 2.75) is 279 Å². The summed E-state index contributed by atoms with van der Waals surface area (Å²) >= 11 is 0. The van der Waals surface area contributed by atoms with Gasteiger partial charge in [0, 0.05) is 116 Å². The van der Waals surface area contributed by atoms with E-state index in [2.05, 4.69) is 82.1 Å². The molecule has 6 rings (SSSR count). The Morgan fingerprint density at radius 3 is 0.804 bits per heavy atom. The Morgan fingerprint density at radius 1 is 0.295 bits per heavy atom. The van der Waals surface area contributed by atoms with Crippen LogP contribution in [-0.2, 0) is 43.0 Å². The Hall–Kier alpha value is -7.26. The van der Waals surface area contributed by atoms with E-state index in [4.69, 9.17) is 14.2 Å². The number of carbonyl (C=O) groups is 12. The molecular formula is C85H152N12O15. The summed E-state index contributed by atoms with van der Waals surface area (Å²) in [6, 6.07) is -1.20.